The fraction of sp³-hybridized carbons (Fsp3) is 0.917. The summed E-state index contributed by atoms with van der Waals surface area (Å²) in [5.74, 6) is 0. The Balaban J connectivity index is 1.96. The van der Waals surface area contributed by atoms with Crippen molar-refractivity contribution in [2.45, 2.75) is 45.4 Å². The van der Waals surface area contributed by atoms with Crippen molar-refractivity contribution in [3.05, 3.63) is 0 Å². The Labute approximate surface area is 86.2 Å². The van der Waals surface area contributed by atoms with E-state index in [2.05, 4.69) is 13.0 Å². The van der Waals surface area contributed by atoms with Crippen LogP contribution in [0.15, 0.2) is 0 Å². The zero-order valence-electron chi connectivity index (χ0n) is 9.01. The molecule has 1 saturated heterocycles. The number of nitrogens with zero attached hydrogens (tertiary/aromatic N) is 1. The van der Waals surface area contributed by atoms with Crippen molar-refractivity contribution >= 4 is 0 Å². The molecule has 1 aliphatic carbocycles. The first-order valence-electron chi connectivity index (χ1n) is 5.69. The Kier molecular flexibility index (Phi) is 2.53. The molecule has 0 atom stereocenters. The van der Waals surface area contributed by atoms with Crippen LogP contribution in [0.2, 0.25) is 0 Å². The maximum absolute atomic E-state index is 8.84. The first-order chi connectivity index (χ1) is 6.74. The number of hydrogen-bond acceptors (Lipinski definition) is 2. The number of hydrogen-bond donors (Lipinski definition) is 0. The molecule has 0 aromatic rings. The van der Waals surface area contributed by atoms with Crippen LogP contribution >= 0.6 is 0 Å². The zero-order chi connectivity index (χ0) is 10.1. The van der Waals surface area contributed by atoms with Gasteiger partial charge in [-0.15, -0.1) is 0 Å². The van der Waals surface area contributed by atoms with E-state index in [-0.39, 0.29) is 0 Å². The third-order valence-electron chi connectivity index (χ3n) is 4.39. The highest BCUT2D eigenvalue weighted by Gasteiger charge is 2.45. The lowest BCUT2D eigenvalue weighted by Gasteiger charge is -2.50. The molecule has 2 heteroatoms. The molecule has 1 saturated carbocycles. The van der Waals surface area contributed by atoms with Gasteiger partial charge in [0.1, 0.15) is 0 Å². The third kappa shape index (κ3) is 1.54. The Hall–Kier alpha value is -0.550. The van der Waals surface area contributed by atoms with Gasteiger partial charge in [0.05, 0.1) is 19.3 Å². The van der Waals surface area contributed by atoms with Crippen molar-refractivity contribution in [2.24, 2.45) is 10.8 Å². The molecule has 0 bridgehead atoms. The molecule has 2 aliphatic rings. The summed E-state index contributed by atoms with van der Waals surface area (Å²) in [6.07, 6.45) is 6.95. The maximum atomic E-state index is 8.84. The Bertz CT molecular complexity index is 240. The van der Waals surface area contributed by atoms with Crippen LogP contribution in [-0.2, 0) is 4.74 Å². The van der Waals surface area contributed by atoms with Gasteiger partial charge in [0.2, 0.25) is 0 Å². The highest BCUT2D eigenvalue weighted by atomic mass is 16.5. The van der Waals surface area contributed by atoms with Crippen LogP contribution in [-0.4, -0.2) is 13.2 Å². The van der Waals surface area contributed by atoms with E-state index in [1.54, 1.807) is 0 Å². The fourth-order valence-corrected chi connectivity index (χ4v) is 2.81. The molecule has 78 valence electrons. The van der Waals surface area contributed by atoms with Crippen molar-refractivity contribution in [2.75, 3.05) is 13.2 Å². The van der Waals surface area contributed by atoms with Gasteiger partial charge in [0, 0.05) is 11.8 Å². The largest absolute Gasteiger partial charge is 0.380 e. The van der Waals surface area contributed by atoms with Crippen LogP contribution in [0.4, 0.5) is 0 Å². The average molecular weight is 193 g/mol. The summed E-state index contributed by atoms with van der Waals surface area (Å²) in [6, 6.07) is 2.36. The van der Waals surface area contributed by atoms with E-state index in [1.165, 1.54) is 25.7 Å². The van der Waals surface area contributed by atoms with Gasteiger partial charge < -0.3 is 4.74 Å². The van der Waals surface area contributed by atoms with Gasteiger partial charge in [0.15, 0.2) is 0 Å². The lowest BCUT2D eigenvalue weighted by molar-refractivity contribution is -0.145. The van der Waals surface area contributed by atoms with E-state index in [0.29, 0.717) is 10.8 Å². The predicted molar refractivity (Wildman–Crippen MR) is 54.7 cm³/mol. The molecule has 2 fully saturated rings. The average Bonchev–Trinajstić information content (AvgIpc) is 2.17. The summed E-state index contributed by atoms with van der Waals surface area (Å²) in [5.41, 5.74) is 0.865. The summed E-state index contributed by atoms with van der Waals surface area (Å²) >= 11 is 0. The van der Waals surface area contributed by atoms with E-state index in [1.807, 2.05) is 0 Å². The second-order valence-corrected chi connectivity index (χ2v) is 5.18. The lowest BCUT2D eigenvalue weighted by Crippen LogP contribution is -2.47. The minimum absolute atomic E-state index is 0.343. The van der Waals surface area contributed by atoms with Crippen molar-refractivity contribution < 1.29 is 4.74 Å². The molecule has 1 spiro atoms. The van der Waals surface area contributed by atoms with E-state index < -0.39 is 0 Å². The SMILES string of the molecule is CCC1(CC#N)CCC2(CC1)COC2. The van der Waals surface area contributed by atoms with Crippen LogP contribution < -0.4 is 0 Å². The van der Waals surface area contributed by atoms with Gasteiger partial charge in [-0.25, -0.2) is 0 Å². The van der Waals surface area contributed by atoms with Crippen LogP contribution in [0, 0.1) is 22.2 Å². The van der Waals surface area contributed by atoms with Crippen LogP contribution in [0.25, 0.3) is 0 Å². The summed E-state index contributed by atoms with van der Waals surface area (Å²) in [5, 5.41) is 8.84. The second-order valence-electron chi connectivity index (χ2n) is 5.18. The van der Waals surface area contributed by atoms with Gasteiger partial charge >= 0.3 is 0 Å². The zero-order valence-corrected chi connectivity index (χ0v) is 9.01. The molecule has 1 aliphatic heterocycles. The first-order valence-corrected chi connectivity index (χ1v) is 5.69. The third-order valence-corrected chi connectivity index (χ3v) is 4.39. The predicted octanol–water partition coefficient (Wildman–Crippen LogP) is 2.89. The Morgan fingerprint density at radius 1 is 1.21 bits per heavy atom. The maximum Gasteiger partial charge on any atom is 0.0627 e. The standard InChI is InChI=1S/C12H19NO/c1-2-11(7-8-13)3-5-12(6-4-11)9-14-10-12/h2-7,9-10H2,1H3. The van der Waals surface area contributed by atoms with E-state index in [4.69, 9.17) is 10.00 Å². The van der Waals surface area contributed by atoms with Gasteiger partial charge in [0.25, 0.3) is 0 Å². The van der Waals surface area contributed by atoms with E-state index in [9.17, 15) is 0 Å². The Morgan fingerprint density at radius 2 is 1.86 bits per heavy atom. The molecular formula is C12H19NO. The number of rotatable bonds is 2. The molecular weight excluding hydrogens is 174 g/mol. The molecule has 0 unspecified atom stereocenters. The molecule has 0 aromatic heterocycles. The van der Waals surface area contributed by atoms with Crippen LogP contribution in [0.5, 0.6) is 0 Å². The highest BCUT2D eigenvalue weighted by molar-refractivity contribution is 4.98. The summed E-state index contributed by atoms with van der Waals surface area (Å²) in [6.45, 7) is 4.17. The van der Waals surface area contributed by atoms with Gasteiger partial charge in [-0.1, -0.05) is 6.92 Å². The fourth-order valence-electron chi connectivity index (χ4n) is 2.81. The summed E-state index contributed by atoms with van der Waals surface area (Å²) in [4.78, 5) is 0. The van der Waals surface area contributed by atoms with E-state index >= 15 is 0 Å². The molecule has 0 aromatic carbocycles. The number of nitriles is 1. The summed E-state index contributed by atoms with van der Waals surface area (Å²) in [7, 11) is 0. The minimum atomic E-state index is 0.343. The molecule has 0 radical (unpaired) electrons. The van der Waals surface area contributed by atoms with Crippen LogP contribution in [0.3, 0.4) is 0 Å². The van der Waals surface area contributed by atoms with Crippen molar-refractivity contribution in [3.63, 3.8) is 0 Å². The van der Waals surface area contributed by atoms with Gasteiger partial charge in [-0.3, -0.25) is 0 Å². The molecule has 0 N–H and O–H groups in total. The highest BCUT2D eigenvalue weighted by Crippen LogP contribution is 2.51. The molecule has 2 nitrogen and oxygen atoms in total. The molecule has 0 amide bonds. The summed E-state index contributed by atoms with van der Waals surface area (Å²) < 4.78 is 5.31. The number of ether oxygens (including phenoxy) is 1. The Morgan fingerprint density at radius 3 is 2.21 bits per heavy atom. The molecule has 2 rings (SSSR count). The van der Waals surface area contributed by atoms with Crippen LogP contribution in [0.1, 0.15) is 45.4 Å². The lowest BCUT2D eigenvalue weighted by atomic mass is 9.61. The normalized spacial score (nSPS) is 28.0. The monoisotopic (exact) mass is 193 g/mol. The minimum Gasteiger partial charge on any atom is -0.380 e. The topological polar surface area (TPSA) is 33.0 Å². The first kappa shape index (κ1) is 9.98. The molecule has 14 heavy (non-hydrogen) atoms. The van der Waals surface area contributed by atoms with Crippen molar-refractivity contribution in [1.29, 1.82) is 5.26 Å². The molecule has 1 heterocycles. The quantitative estimate of drug-likeness (QED) is 0.675. The van der Waals surface area contributed by atoms with E-state index in [0.717, 1.165) is 26.1 Å². The smallest absolute Gasteiger partial charge is 0.0627 e. The van der Waals surface area contributed by atoms with Crippen molar-refractivity contribution in [1.82, 2.24) is 0 Å². The van der Waals surface area contributed by atoms with Gasteiger partial charge in [-0.2, -0.15) is 5.26 Å². The van der Waals surface area contributed by atoms with Gasteiger partial charge in [-0.05, 0) is 37.5 Å². The van der Waals surface area contributed by atoms with Crippen molar-refractivity contribution in [3.8, 4) is 6.07 Å². The second kappa shape index (κ2) is 3.55.